The van der Waals surface area contributed by atoms with Crippen molar-refractivity contribution in [3.8, 4) is 0 Å². The van der Waals surface area contributed by atoms with Gasteiger partial charge in [-0.05, 0) is 25.0 Å². The molecule has 10 rings (SSSR count). The summed E-state index contributed by atoms with van der Waals surface area (Å²) in [4.78, 5) is 64.1. The van der Waals surface area contributed by atoms with E-state index >= 15 is 0 Å². The van der Waals surface area contributed by atoms with Gasteiger partial charge in [-0.1, -0.05) is 36.4 Å². The van der Waals surface area contributed by atoms with Crippen LogP contribution in [0.4, 0.5) is 20.4 Å². The van der Waals surface area contributed by atoms with Crippen molar-refractivity contribution in [3.05, 3.63) is 119 Å². The summed E-state index contributed by atoms with van der Waals surface area (Å²) in [6, 6.07) is 15.9. The number of ether oxygens (including phenoxy) is 2. The van der Waals surface area contributed by atoms with E-state index in [0.29, 0.717) is 48.5 Å². The predicted molar refractivity (Wildman–Crippen MR) is 258 cm³/mol. The fourth-order valence-electron chi connectivity index (χ4n) is 8.60. The lowest BCUT2D eigenvalue weighted by atomic mass is 10.1. The largest absolute Gasteiger partial charge is 0.379 e. The second-order valence-corrected chi connectivity index (χ2v) is 18.0. The molecule has 0 bridgehead atoms. The number of nitrogens with zero attached hydrogens (tertiary/aromatic N) is 14. The quantitative estimate of drug-likeness (QED) is 0.149. The average Bonchev–Trinajstić information content (AvgIpc) is 4.16. The van der Waals surface area contributed by atoms with Crippen LogP contribution in [0.15, 0.2) is 73.3 Å². The van der Waals surface area contributed by atoms with Crippen molar-refractivity contribution in [2.24, 2.45) is 5.73 Å². The van der Waals surface area contributed by atoms with Gasteiger partial charge in [0.05, 0.1) is 36.7 Å². The highest BCUT2D eigenvalue weighted by Crippen LogP contribution is 2.24. The molecule has 6 aromatic rings. The molecule has 0 unspecified atom stereocenters. The first-order valence-corrected chi connectivity index (χ1v) is 23.8. The maximum absolute atomic E-state index is 13.9. The van der Waals surface area contributed by atoms with Gasteiger partial charge in [0.2, 0.25) is 17.6 Å². The molecular formula is C48H60F2N16O6. The van der Waals surface area contributed by atoms with Gasteiger partial charge in [-0.25, -0.2) is 37.5 Å². The molecule has 4 aliphatic rings. The molecule has 1 atom stereocenters. The number of aryl methyl sites for hydroxylation is 2. The summed E-state index contributed by atoms with van der Waals surface area (Å²) in [7, 11) is 7.02. The number of likely N-dealkylation sites (N-methyl/N-ethyl adjacent to an activating group) is 1. The maximum Gasteiger partial charge on any atom is 0.291 e. The Bertz CT molecular complexity index is 2830. The molecule has 72 heavy (non-hydrogen) atoms. The summed E-state index contributed by atoms with van der Waals surface area (Å²) in [6.07, 6.45) is 7.02. The number of amides is 4. The predicted octanol–water partition coefficient (Wildman–Crippen LogP) is 1.78. The van der Waals surface area contributed by atoms with E-state index < -0.39 is 17.9 Å². The molecule has 2 fully saturated rings. The van der Waals surface area contributed by atoms with Gasteiger partial charge in [0.1, 0.15) is 42.0 Å². The van der Waals surface area contributed by atoms with Gasteiger partial charge in [0.15, 0.2) is 0 Å². The maximum atomic E-state index is 13.9. The lowest BCUT2D eigenvalue weighted by Crippen LogP contribution is -2.52. The molecule has 0 aliphatic carbocycles. The number of nitrogens with one attached hydrogen (secondary N) is 1. The number of methoxy groups -OCH3 is 2. The number of nitrogens with two attached hydrogens (primary N) is 1. The number of hydrogen-bond acceptors (Lipinski definition) is 14. The van der Waals surface area contributed by atoms with Crippen molar-refractivity contribution in [2.75, 3.05) is 77.4 Å². The molecule has 4 amide bonds. The van der Waals surface area contributed by atoms with Crippen LogP contribution in [0.3, 0.4) is 0 Å². The molecule has 382 valence electrons. The molecule has 4 aliphatic heterocycles. The van der Waals surface area contributed by atoms with Crippen LogP contribution < -0.4 is 20.9 Å². The minimum atomic E-state index is -0.738. The molecule has 2 aromatic carbocycles. The lowest BCUT2D eigenvalue weighted by Gasteiger charge is -2.37. The van der Waals surface area contributed by atoms with Crippen molar-refractivity contribution in [3.63, 3.8) is 0 Å². The average molecular weight is 995 g/mol. The zero-order chi connectivity index (χ0) is 50.9. The first-order valence-electron chi connectivity index (χ1n) is 23.8. The van der Waals surface area contributed by atoms with Crippen LogP contribution in [-0.2, 0) is 58.1 Å². The minimum Gasteiger partial charge on any atom is -0.379 e. The van der Waals surface area contributed by atoms with E-state index in [1.807, 2.05) is 22.5 Å². The van der Waals surface area contributed by atoms with Crippen molar-refractivity contribution in [1.29, 1.82) is 0 Å². The normalized spacial score (nSPS) is 17.3. The Balaban J connectivity index is 0.000000161. The molecule has 3 N–H and O–H groups in total. The Morgan fingerprint density at radius 3 is 1.72 bits per heavy atom. The van der Waals surface area contributed by atoms with Gasteiger partial charge in [-0.3, -0.25) is 33.9 Å². The van der Waals surface area contributed by atoms with E-state index in [4.69, 9.17) is 15.2 Å². The van der Waals surface area contributed by atoms with Crippen LogP contribution in [0.5, 0.6) is 0 Å². The zero-order valence-corrected chi connectivity index (χ0v) is 40.8. The number of benzene rings is 2. The lowest BCUT2D eigenvalue weighted by molar-refractivity contribution is -0.120. The number of hydrogen-bond donors (Lipinski definition) is 2. The molecule has 4 aromatic heterocycles. The second-order valence-electron chi connectivity index (χ2n) is 18.0. The summed E-state index contributed by atoms with van der Waals surface area (Å²) in [5.41, 5.74) is 7.91. The van der Waals surface area contributed by atoms with Crippen LogP contribution in [-0.4, -0.2) is 168 Å². The third-order valence-electron chi connectivity index (χ3n) is 13.0. The number of likely N-dealkylation sites (tertiary alicyclic amines) is 2. The topological polar surface area (TPSA) is 235 Å². The third-order valence-corrected chi connectivity index (χ3v) is 13.0. The summed E-state index contributed by atoms with van der Waals surface area (Å²) in [5.74, 6) is -0.496. The molecule has 0 spiro atoms. The number of carbonyl (C=O) groups is 4. The van der Waals surface area contributed by atoms with E-state index in [1.165, 1.54) is 39.1 Å². The fraction of sp³-hybridized carbons (Fsp3) is 0.458. The Morgan fingerprint density at radius 2 is 1.21 bits per heavy atom. The Labute approximate surface area is 414 Å². The summed E-state index contributed by atoms with van der Waals surface area (Å²) >= 11 is 0. The molecule has 0 saturated carbocycles. The standard InChI is InChI=1S/C24H29FN8O3.C14H22N4O2.C10H9FN4O/c1-30-21-11-17(7-9-31-13-18(14-31)36-2)28-33(21)10-8-20(24(30)35)27-23(34)22-26-15-32(29-22)12-16-5-3-4-6-19(16)25;1-16-13-8-11(5-7-17-9-12(10-17)20-2)15-18(13)6-3-4-14(16)19;11-8-4-2-1-3-7(8)5-15-6-13-10(14-15)9(12)16/h3-6,11,15,18,20H,7-10,12-14H2,1-2H3,(H,27,34);8,12H,3-7,9-10H2,1-2H3;1-4,6H,5H2,(H2,12,16)/t20-;;/m1../s1. The van der Waals surface area contributed by atoms with Crippen molar-refractivity contribution < 1.29 is 37.4 Å². The molecule has 22 nitrogen and oxygen atoms in total. The van der Waals surface area contributed by atoms with Crippen LogP contribution in [0.2, 0.25) is 0 Å². The van der Waals surface area contributed by atoms with E-state index in [9.17, 15) is 28.0 Å². The number of carbonyl (C=O) groups excluding carboxylic acids is 4. The smallest absolute Gasteiger partial charge is 0.291 e. The number of fused-ring (bicyclic) bond motifs is 2. The van der Waals surface area contributed by atoms with Crippen LogP contribution >= 0.6 is 0 Å². The van der Waals surface area contributed by atoms with E-state index in [-0.39, 0.29) is 48.2 Å². The molecule has 8 heterocycles. The Morgan fingerprint density at radius 1 is 0.708 bits per heavy atom. The zero-order valence-electron chi connectivity index (χ0n) is 40.8. The summed E-state index contributed by atoms with van der Waals surface area (Å²) in [5, 5.41) is 20.0. The number of primary amides is 1. The van der Waals surface area contributed by atoms with Gasteiger partial charge in [0.25, 0.3) is 17.7 Å². The molecular weight excluding hydrogens is 935 g/mol. The Hall–Kier alpha value is -7.28. The molecule has 24 heteroatoms. The van der Waals surface area contributed by atoms with Gasteiger partial charge in [0, 0.05) is 123 Å². The van der Waals surface area contributed by atoms with Crippen molar-refractivity contribution in [1.82, 2.24) is 64.2 Å². The van der Waals surface area contributed by atoms with Crippen molar-refractivity contribution in [2.45, 2.75) is 76.5 Å². The second kappa shape index (κ2) is 23.3. The van der Waals surface area contributed by atoms with Crippen molar-refractivity contribution >= 4 is 35.3 Å². The van der Waals surface area contributed by atoms with Crippen LogP contribution in [0, 0.1) is 11.6 Å². The summed E-state index contributed by atoms with van der Waals surface area (Å²) in [6.45, 7) is 7.48. The fourth-order valence-corrected chi connectivity index (χ4v) is 8.60. The van der Waals surface area contributed by atoms with E-state index in [1.54, 1.807) is 62.6 Å². The highest BCUT2D eigenvalue weighted by molar-refractivity contribution is 6.00. The summed E-state index contributed by atoms with van der Waals surface area (Å²) < 4.78 is 44.3. The number of anilines is 2. The minimum absolute atomic E-state index is 0.0728. The molecule has 0 radical (unpaired) electrons. The van der Waals surface area contributed by atoms with Gasteiger partial charge in [-0.2, -0.15) is 10.2 Å². The van der Waals surface area contributed by atoms with Crippen LogP contribution in [0.25, 0.3) is 0 Å². The van der Waals surface area contributed by atoms with Gasteiger partial charge >= 0.3 is 0 Å². The van der Waals surface area contributed by atoms with Crippen LogP contribution in [0.1, 0.15) is 63.0 Å². The van der Waals surface area contributed by atoms with E-state index in [2.05, 4.69) is 51.5 Å². The first-order chi connectivity index (χ1) is 34.7. The Kier molecular flexibility index (Phi) is 16.5. The number of rotatable bonds is 15. The monoisotopic (exact) mass is 994 g/mol. The molecule has 2 saturated heterocycles. The highest BCUT2D eigenvalue weighted by atomic mass is 19.1. The third kappa shape index (κ3) is 12.6. The van der Waals surface area contributed by atoms with Gasteiger partial charge in [-0.15, -0.1) is 10.2 Å². The number of halogens is 2. The SMILES string of the molecule is COC1CN(CCc2cc3n(n2)CCCC(=O)N3C)C1.COC1CN(CCc2cc3n(n2)CC[C@@H](NC(=O)c2ncn(Cc4ccccc4F)n2)C(=O)N3C)C1.NC(=O)c1ncn(Cc2ccccc2F)n1. The van der Waals surface area contributed by atoms with E-state index in [0.717, 1.165) is 82.3 Å². The van der Waals surface area contributed by atoms with Gasteiger partial charge < -0.3 is 25.4 Å². The number of aromatic nitrogens is 10. The highest BCUT2D eigenvalue weighted by Gasteiger charge is 2.33. The first kappa shape index (κ1) is 51.1.